The van der Waals surface area contributed by atoms with Gasteiger partial charge in [0.2, 0.25) is 5.95 Å². The Morgan fingerprint density at radius 3 is 2.72 bits per heavy atom. The second-order valence-electron chi connectivity index (χ2n) is 3.78. The molecule has 0 aliphatic carbocycles. The Balaban J connectivity index is 2.15. The van der Waals surface area contributed by atoms with Crippen LogP contribution in [0.1, 0.15) is 11.3 Å². The number of anilines is 1. The lowest BCUT2D eigenvalue weighted by atomic mass is 10.1. The highest BCUT2D eigenvalue weighted by Crippen LogP contribution is 2.03. The predicted octanol–water partition coefficient (Wildman–Crippen LogP) is 1.35. The molecule has 0 aliphatic rings. The highest BCUT2D eigenvalue weighted by atomic mass is 16.1. The lowest BCUT2D eigenvalue weighted by Gasteiger charge is -2.03. The lowest BCUT2D eigenvalue weighted by Crippen LogP contribution is -2.19. The monoisotopic (exact) mass is 242 g/mol. The summed E-state index contributed by atoms with van der Waals surface area (Å²) in [6, 6.07) is 9.69. The van der Waals surface area contributed by atoms with Crippen LogP contribution < -0.4 is 10.9 Å². The van der Waals surface area contributed by atoms with Crippen molar-refractivity contribution in [3.63, 3.8) is 0 Å². The maximum atomic E-state index is 11.8. The molecule has 0 aliphatic heterocycles. The molecule has 5 nitrogen and oxygen atoms in total. The summed E-state index contributed by atoms with van der Waals surface area (Å²) in [5.41, 5.74) is 1.22. The molecule has 0 fully saturated rings. The summed E-state index contributed by atoms with van der Waals surface area (Å²) >= 11 is 0. The first-order valence-electron chi connectivity index (χ1n) is 5.64. The van der Waals surface area contributed by atoms with Crippen LogP contribution in [0.2, 0.25) is 0 Å². The van der Waals surface area contributed by atoms with Gasteiger partial charge in [-0.3, -0.25) is 9.78 Å². The van der Waals surface area contributed by atoms with Crippen LogP contribution in [0.3, 0.4) is 0 Å². The second-order valence-corrected chi connectivity index (χ2v) is 3.78. The molecular formula is C13H14N4O. The van der Waals surface area contributed by atoms with Gasteiger partial charge in [-0.15, -0.1) is 16.8 Å². The minimum Gasteiger partial charge on any atom is -0.351 e. The average molecular weight is 242 g/mol. The minimum absolute atomic E-state index is 0.222. The normalized spacial score (nSPS) is 10.0. The molecule has 1 aromatic carbocycles. The highest BCUT2D eigenvalue weighted by Gasteiger charge is 2.05. The number of benzene rings is 1. The third-order valence-electron chi connectivity index (χ3n) is 2.39. The zero-order valence-electron chi connectivity index (χ0n) is 9.89. The maximum Gasteiger partial charge on any atom is 0.274 e. The molecule has 2 N–H and O–H groups in total. The lowest BCUT2D eigenvalue weighted by molar-refractivity contribution is 0.867. The SMILES string of the molecule is C=CCNc1nnc(Cc2ccccc2)c(=O)[nH]1. The van der Waals surface area contributed by atoms with E-state index in [1.54, 1.807) is 6.08 Å². The van der Waals surface area contributed by atoms with E-state index in [4.69, 9.17) is 0 Å². The van der Waals surface area contributed by atoms with Gasteiger partial charge in [-0.2, -0.15) is 0 Å². The third kappa shape index (κ3) is 3.04. The summed E-state index contributed by atoms with van der Waals surface area (Å²) in [5, 5.41) is 10.7. The van der Waals surface area contributed by atoms with E-state index < -0.39 is 0 Å². The summed E-state index contributed by atoms with van der Waals surface area (Å²) < 4.78 is 0. The van der Waals surface area contributed by atoms with Gasteiger partial charge < -0.3 is 5.32 Å². The number of nitrogens with one attached hydrogen (secondary N) is 2. The van der Waals surface area contributed by atoms with Gasteiger partial charge in [-0.1, -0.05) is 36.4 Å². The van der Waals surface area contributed by atoms with Gasteiger partial charge in [0.15, 0.2) is 0 Å². The van der Waals surface area contributed by atoms with Crippen LogP contribution in [0.15, 0.2) is 47.8 Å². The molecule has 0 amide bonds. The Labute approximate surface area is 105 Å². The third-order valence-corrected chi connectivity index (χ3v) is 2.39. The van der Waals surface area contributed by atoms with Crippen molar-refractivity contribution in [2.75, 3.05) is 11.9 Å². The van der Waals surface area contributed by atoms with E-state index in [1.165, 1.54) is 0 Å². The Hall–Kier alpha value is -2.43. The fraction of sp³-hybridized carbons (Fsp3) is 0.154. The van der Waals surface area contributed by atoms with Gasteiger partial charge in [-0.25, -0.2) is 0 Å². The fourth-order valence-corrected chi connectivity index (χ4v) is 1.51. The molecule has 0 saturated heterocycles. The van der Waals surface area contributed by atoms with Crippen molar-refractivity contribution < 1.29 is 0 Å². The highest BCUT2D eigenvalue weighted by molar-refractivity contribution is 5.25. The van der Waals surface area contributed by atoms with E-state index in [0.717, 1.165) is 5.56 Å². The van der Waals surface area contributed by atoms with Gasteiger partial charge in [0.05, 0.1) is 0 Å². The van der Waals surface area contributed by atoms with E-state index in [0.29, 0.717) is 24.6 Å². The molecule has 2 rings (SSSR count). The fourth-order valence-electron chi connectivity index (χ4n) is 1.51. The summed E-state index contributed by atoms with van der Waals surface area (Å²) in [7, 11) is 0. The number of hydrogen-bond donors (Lipinski definition) is 2. The van der Waals surface area contributed by atoms with E-state index in [9.17, 15) is 4.79 Å². The molecule has 0 bridgehead atoms. The summed E-state index contributed by atoms with van der Waals surface area (Å²) in [4.78, 5) is 14.4. The quantitative estimate of drug-likeness (QED) is 0.776. The number of hydrogen-bond acceptors (Lipinski definition) is 4. The van der Waals surface area contributed by atoms with Gasteiger partial charge >= 0.3 is 0 Å². The van der Waals surface area contributed by atoms with Crippen molar-refractivity contribution in [1.82, 2.24) is 15.2 Å². The molecule has 5 heteroatoms. The van der Waals surface area contributed by atoms with Crippen LogP contribution in [0.5, 0.6) is 0 Å². The zero-order valence-corrected chi connectivity index (χ0v) is 9.89. The molecule has 92 valence electrons. The standard InChI is InChI=1S/C13H14N4O/c1-2-8-14-13-15-12(18)11(16-17-13)9-10-6-4-3-5-7-10/h2-7H,1,8-9H2,(H2,14,15,17,18). The summed E-state index contributed by atoms with van der Waals surface area (Å²) in [5.74, 6) is 0.358. The van der Waals surface area contributed by atoms with E-state index in [2.05, 4.69) is 27.1 Å². The topological polar surface area (TPSA) is 70.7 Å². The Kier molecular flexibility index (Phi) is 3.86. The molecule has 0 spiro atoms. The molecule has 1 heterocycles. The van der Waals surface area contributed by atoms with Crippen LogP contribution in [-0.2, 0) is 6.42 Å². The van der Waals surface area contributed by atoms with Crippen molar-refractivity contribution in [3.8, 4) is 0 Å². The first-order chi connectivity index (χ1) is 8.79. The van der Waals surface area contributed by atoms with E-state index in [-0.39, 0.29) is 5.56 Å². The summed E-state index contributed by atoms with van der Waals surface area (Å²) in [6.07, 6.45) is 2.16. The van der Waals surface area contributed by atoms with Crippen molar-refractivity contribution >= 4 is 5.95 Å². The molecule has 0 unspecified atom stereocenters. The van der Waals surface area contributed by atoms with E-state index >= 15 is 0 Å². The molecule has 1 aromatic heterocycles. The number of nitrogens with zero attached hydrogens (tertiary/aromatic N) is 2. The van der Waals surface area contributed by atoms with Gasteiger partial charge in [0, 0.05) is 13.0 Å². The zero-order chi connectivity index (χ0) is 12.8. The van der Waals surface area contributed by atoms with Gasteiger partial charge in [-0.05, 0) is 5.56 Å². The molecular weight excluding hydrogens is 228 g/mol. The second kappa shape index (κ2) is 5.77. The number of rotatable bonds is 5. The molecule has 2 aromatic rings. The van der Waals surface area contributed by atoms with Gasteiger partial charge in [0.1, 0.15) is 5.69 Å². The van der Waals surface area contributed by atoms with Crippen molar-refractivity contribution in [2.24, 2.45) is 0 Å². The first kappa shape index (κ1) is 12.0. The number of H-pyrrole nitrogens is 1. The Morgan fingerprint density at radius 2 is 2.06 bits per heavy atom. The summed E-state index contributed by atoms with van der Waals surface area (Å²) in [6.45, 7) is 4.10. The van der Waals surface area contributed by atoms with Crippen LogP contribution in [0.25, 0.3) is 0 Å². The van der Waals surface area contributed by atoms with Crippen molar-refractivity contribution in [2.45, 2.75) is 6.42 Å². The van der Waals surface area contributed by atoms with Crippen LogP contribution in [0, 0.1) is 0 Å². The minimum atomic E-state index is -0.222. The van der Waals surface area contributed by atoms with E-state index in [1.807, 2.05) is 30.3 Å². The molecule has 0 saturated carbocycles. The number of aromatic nitrogens is 3. The molecule has 0 atom stereocenters. The predicted molar refractivity (Wildman–Crippen MR) is 70.6 cm³/mol. The smallest absolute Gasteiger partial charge is 0.274 e. The number of aromatic amines is 1. The van der Waals surface area contributed by atoms with Crippen molar-refractivity contribution in [3.05, 3.63) is 64.6 Å². The maximum absolute atomic E-state index is 11.8. The van der Waals surface area contributed by atoms with Crippen LogP contribution in [0.4, 0.5) is 5.95 Å². The first-order valence-corrected chi connectivity index (χ1v) is 5.64. The Bertz CT molecular complexity index is 577. The molecule has 18 heavy (non-hydrogen) atoms. The Morgan fingerprint density at radius 1 is 1.28 bits per heavy atom. The van der Waals surface area contributed by atoms with Crippen molar-refractivity contribution in [1.29, 1.82) is 0 Å². The largest absolute Gasteiger partial charge is 0.351 e. The van der Waals surface area contributed by atoms with Crippen LogP contribution in [-0.4, -0.2) is 21.7 Å². The van der Waals surface area contributed by atoms with Gasteiger partial charge in [0.25, 0.3) is 5.56 Å². The average Bonchev–Trinajstić information content (AvgIpc) is 2.40. The molecule has 0 radical (unpaired) electrons. The van der Waals surface area contributed by atoms with Crippen LogP contribution >= 0.6 is 0 Å².